The summed E-state index contributed by atoms with van der Waals surface area (Å²) >= 11 is 0. The van der Waals surface area contributed by atoms with Crippen LogP contribution >= 0.6 is 0 Å². The van der Waals surface area contributed by atoms with E-state index in [9.17, 15) is 0 Å². The number of hydrogen-bond acceptors (Lipinski definition) is 1. The molecule has 1 heteroatoms. The van der Waals surface area contributed by atoms with Crippen LogP contribution in [0, 0.1) is 5.92 Å². The molecule has 17 heavy (non-hydrogen) atoms. The first-order valence-electron chi connectivity index (χ1n) is 7.47. The van der Waals surface area contributed by atoms with Gasteiger partial charge in [0.1, 0.15) is 0 Å². The van der Waals surface area contributed by atoms with Gasteiger partial charge in [-0.1, -0.05) is 37.5 Å². The number of rotatable bonds is 5. The van der Waals surface area contributed by atoms with Crippen molar-refractivity contribution in [2.75, 3.05) is 6.54 Å². The number of allylic oxidation sites excluding steroid dienone is 2. The Bertz CT molecular complexity index is 271. The average molecular weight is 233 g/mol. The van der Waals surface area contributed by atoms with E-state index in [2.05, 4.69) is 18.0 Å². The fourth-order valence-corrected chi connectivity index (χ4v) is 3.11. The van der Waals surface area contributed by atoms with Crippen molar-refractivity contribution in [3.05, 3.63) is 23.9 Å². The molecule has 96 valence electrons. The lowest BCUT2D eigenvalue weighted by atomic mass is 9.87. The van der Waals surface area contributed by atoms with E-state index in [1.54, 1.807) is 5.57 Å². The molecule has 1 nitrogen and oxygen atoms in total. The Morgan fingerprint density at radius 1 is 1.18 bits per heavy atom. The second-order valence-electron chi connectivity index (χ2n) is 5.65. The second kappa shape index (κ2) is 6.88. The first-order valence-corrected chi connectivity index (χ1v) is 7.47. The average Bonchev–Trinajstić information content (AvgIpc) is 2.41. The number of nitrogens with one attached hydrogen (secondary N) is 1. The van der Waals surface area contributed by atoms with Gasteiger partial charge in [-0.15, -0.1) is 0 Å². The minimum Gasteiger partial charge on any atom is -0.388 e. The molecule has 1 fully saturated rings. The van der Waals surface area contributed by atoms with Crippen LogP contribution in [0.5, 0.6) is 0 Å². The first kappa shape index (κ1) is 12.7. The Hall–Kier alpha value is -0.720. The summed E-state index contributed by atoms with van der Waals surface area (Å²) in [5.74, 6) is 0.754. The normalized spacial score (nSPS) is 22.0. The fourth-order valence-electron chi connectivity index (χ4n) is 3.11. The van der Waals surface area contributed by atoms with Gasteiger partial charge in [0.25, 0.3) is 0 Å². The van der Waals surface area contributed by atoms with Crippen molar-refractivity contribution in [1.29, 1.82) is 0 Å². The Morgan fingerprint density at radius 3 is 2.71 bits per heavy atom. The molecular weight excluding hydrogens is 206 g/mol. The molecule has 0 spiro atoms. The maximum Gasteiger partial charge on any atom is 0.0181 e. The zero-order chi connectivity index (χ0) is 11.9. The summed E-state index contributed by atoms with van der Waals surface area (Å²) in [5.41, 5.74) is 2.97. The molecule has 0 aromatic carbocycles. The van der Waals surface area contributed by atoms with Crippen LogP contribution in [-0.2, 0) is 0 Å². The number of hydrogen-bond donors (Lipinski definition) is 1. The smallest absolute Gasteiger partial charge is 0.0181 e. The third kappa shape index (κ3) is 4.22. The van der Waals surface area contributed by atoms with Crippen LogP contribution in [0.4, 0.5) is 0 Å². The lowest BCUT2D eigenvalue weighted by molar-refractivity contribution is 0.387. The summed E-state index contributed by atoms with van der Waals surface area (Å²) in [6, 6.07) is 0. The summed E-state index contributed by atoms with van der Waals surface area (Å²) < 4.78 is 0. The molecule has 0 aromatic heterocycles. The van der Waals surface area contributed by atoms with E-state index in [0.717, 1.165) is 12.5 Å². The van der Waals surface area contributed by atoms with Crippen molar-refractivity contribution >= 4 is 0 Å². The van der Waals surface area contributed by atoms with Crippen molar-refractivity contribution in [2.45, 2.75) is 64.2 Å². The Morgan fingerprint density at radius 2 is 2.00 bits per heavy atom. The summed E-state index contributed by atoms with van der Waals surface area (Å²) in [7, 11) is 0. The van der Waals surface area contributed by atoms with Crippen LogP contribution < -0.4 is 5.32 Å². The summed E-state index contributed by atoms with van der Waals surface area (Å²) in [6.45, 7) is 5.33. The predicted octanol–water partition coefficient (Wildman–Crippen LogP) is 4.56. The molecule has 0 heterocycles. The predicted molar refractivity (Wildman–Crippen MR) is 74.9 cm³/mol. The SMILES string of the molecule is C=C(NCCC1=CCCCC1)C1CCCCC1. The third-order valence-corrected chi connectivity index (χ3v) is 4.28. The molecular formula is C16H27N. The Balaban J connectivity index is 1.63. The van der Waals surface area contributed by atoms with Gasteiger partial charge in [0.2, 0.25) is 0 Å². The third-order valence-electron chi connectivity index (χ3n) is 4.28. The van der Waals surface area contributed by atoms with Gasteiger partial charge in [-0.05, 0) is 50.9 Å². The minimum absolute atomic E-state index is 0.754. The topological polar surface area (TPSA) is 12.0 Å². The van der Waals surface area contributed by atoms with E-state index < -0.39 is 0 Å². The van der Waals surface area contributed by atoms with Gasteiger partial charge in [0, 0.05) is 12.2 Å². The van der Waals surface area contributed by atoms with E-state index in [1.807, 2.05) is 0 Å². The molecule has 1 N–H and O–H groups in total. The van der Waals surface area contributed by atoms with Gasteiger partial charge >= 0.3 is 0 Å². The van der Waals surface area contributed by atoms with Crippen LogP contribution in [0.15, 0.2) is 23.9 Å². The van der Waals surface area contributed by atoms with Gasteiger partial charge < -0.3 is 5.32 Å². The highest BCUT2D eigenvalue weighted by Gasteiger charge is 2.15. The van der Waals surface area contributed by atoms with Crippen molar-refractivity contribution in [3.63, 3.8) is 0 Å². The summed E-state index contributed by atoms with van der Waals surface area (Å²) in [6.07, 6.45) is 16.0. The molecule has 0 saturated heterocycles. The maximum absolute atomic E-state index is 4.23. The van der Waals surface area contributed by atoms with Crippen molar-refractivity contribution in [2.24, 2.45) is 5.92 Å². The molecule has 0 aromatic rings. The highest BCUT2D eigenvalue weighted by Crippen LogP contribution is 2.27. The van der Waals surface area contributed by atoms with Gasteiger partial charge in [0.15, 0.2) is 0 Å². The van der Waals surface area contributed by atoms with Crippen molar-refractivity contribution < 1.29 is 0 Å². The van der Waals surface area contributed by atoms with Gasteiger partial charge in [-0.3, -0.25) is 0 Å². The Kier molecular flexibility index (Phi) is 5.15. The molecule has 2 aliphatic carbocycles. The molecule has 2 rings (SSSR count). The van der Waals surface area contributed by atoms with Crippen molar-refractivity contribution in [3.8, 4) is 0 Å². The fraction of sp³-hybridized carbons (Fsp3) is 0.750. The molecule has 0 radical (unpaired) electrons. The summed E-state index contributed by atoms with van der Waals surface area (Å²) in [4.78, 5) is 0. The molecule has 0 amide bonds. The first-order chi connectivity index (χ1) is 8.36. The molecule has 0 atom stereocenters. The van der Waals surface area contributed by atoms with Crippen LogP contribution in [0.3, 0.4) is 0 Å². The van der Waals surface area contributed by atoms with Gasteiger partial charge in [0.05, 0.1) is 0 Å². The standard InChI is InChI=1S/C16H27N/c1-14(16-10-6-3-7-11-16)17-13-12-15-8-4-2-5-9-15/h8,16-17H,1-7,9-13H2. The lowest BCUT2D eigenvalue weighted by Gasteiger charge is -2.25. The van der Waals surface area contributed by atoms with Gasteiger partial charge in [-0.25, -0.2) is 0 Å². The monoisotopic (exact) mass is 233 g/mol. The summed E-state index contributed by atoms with van der Waals surface area (Å²) in [5, 5.41) is 3.56. The van der Waals surface area contributed by atoms with Gasteiger partial charge in [-0.2, -0.15) is 0 Å². The van der Waals surface area contributed by atoms with Crippen LogP contribution in [0.2, 0.25) is 0 Å². The maximum atomic E-state index is 4.23. The molecule has 0 unspecified atom stereocenters. The lowest BCUT2D eigenvalue weighted by Crippen LogP contribution is -2.22. The minimum atomic E-state index is 0.754. The molecule has 0 bridgehead atoms. The molecule has 2 aliphatic rings. The molecule has 1 saturated carbocycles. The van der Waals surface area contributed by atoms with E-state index in [1.165, 1.54) is 69.9 Å². The van der Waals surface area contributed by atoms with E-state index in [0.29, 0.717) is 0 Å². The van der Waals surface area contributed by atoms with E-state index >= 15 is 0 Å². The Labute approximate surface area is 106 Å². The second-order valence-corrected chi connectivity index (χ2v) is 5.65. The largest absolute Gasteiger partial charge is 0.388 e. The zero-order valence-corrected chi connectivity index (χ0v) is 11.1. The van der Waals surface area contributed by atoms with E-state index in [4.69, 9.17) is 0 Å². The van der Waals surface area contributed by atoms with Crippen LogP contribution in [-0.4, -0.2) is 6.54 Å². The van der Waals surface area contributed by atoms with Crippen molar-refractivity contribution in [1.82, 2.24) is 5.32 Å². The van der Waals surface area contributed by atoms with E-state index in [-0.39, 0.29) is 0 Å². The highest BCUT2D eigenvalue weighted by atomic mass is 14.9. The highest BCUT2D eigenvalue weighted by molar-refractivity contribution is 5.06. The zero-order valence-electron chi connectivity index (χ0n) is 11.1. The quantitative estimate of drug-likeness (QED) is 0.686. The van der Waals surface area contributed by atoms with Crippen LogP contribution in [0.25, 0.3) is 0 Å². The van der Waals surface area contributed by atoms with Crippen LogP contribution in [0.1, 0.15) is 64.2 Å². The molecule has 0 aliphatic heterocycles.